The van der Waals surface area contributed by atoms with Gasteiger partial charge >= 0.3 is 7.12 Å². The Labute approximate surface area is 86.7 Å². The molecule has 14 heavy (non-hydrogen) atoms. The van der Waals surface area contributed by atoms with E-state index in [0.29, 0.717) is 0 Å². The van der Waals surface area contributed by atoms with Gasteiger partial charge in [-0.3, -0.25) is 4.79 Å². The summed E-state index contributed by atoms with van der Waals surface area (Å²) in [5.41, 5.74) is 0.452. The summed E-state index contributed by atoms with van der Waals surface area (Å²) in [5, 5.41) is 20.4. The van der Waals surface area contributed by atoms with Gasteiger partial charge in [-0.25, -0.2) is 0 Å². The van der Waals surface area contributed by atoms with E-state index in [-0.39, 0.29) is 22.0 Å². The second-order valence-corrected chi connectivity index (χ2v) is 3.10. The molecule has 0 spiro atoms. The molecule has 1 amide bonds. The Bertz CT molecular complexity index is 356. The van der Waals surface area contributed by atoms with Crippen molar-refractivity contribution < 1.29 is 14.8 Å². The molecular formula is C8H9BClNO3. The van der Waals surface area contributed by atoms with Crippen molar-refractivity contribution in [2.45, 2.75) is 0 Å². The minimum atomic E-state index is -1.60. The van der Waals surface area contributed by atoms with E-state index in [1.165, 1.54) is 25.2 Å². The molecule has 0 unspecified atom stereocenters. The lowest BCUT2D eigenvalue weighted by atomic mass is 9.79. The topological polar surface area (TPSA) is 69.6 Å². The van der Waals surface area contributed by atoms with Gasteiger partial charge in [0.1, 0.15) is 0 Å². The van der Waals surface area contributed by atoms with Crippen LogP contribution in [0.1, 0.15) is 10.4 Å². The zero-order valence-corrected chi connectivity index (χ0v) is 8.25. The fraction of sp³-hybridized carbons (Fsp3) is 0.125. The quantitative estimate of drug-likeness (QED) is 0.574. The number of carbonyl (C=O) groups excluding carboxylic acids is 1. The predicted octanol–water partition coefficient (Wildman–Crippen LogP) is -0.621. The Kier molecular flexibility index (Phi) is 3.52. The molecule has 0 bridgehead atoms. The zero-order chi connectivity index (χ0) is 10.7. The minimum Gasteiger partial charge on any atom is -0.423 e. The second-order valence-electron chi connectivity index (χ2n) is 2.69. The van der Waals surface area contributed by atoms with Gasteiger partial charge in [0.2, 0.25) is 0 Å². The van der Waals surface area contributed by atoms with Crippen molar-refractivity contribution in [3.05, 3.63) is 28.8 Å². The Morgan fingerprint density at radius 2 is 2.14 bits per heavy atom. The first-order valence-electron chi connectivity index (χ1n) is 3.94. The Morgan fingerprint density at radius 1 is 1.50 bits per heavy atom. The molecule has 1 aromatic carbocycles. The van der Waals surface area contributed by atoms with Crippen molar-refractivity contribution in [2.24, 2.45) is 0 Å². The molecule has 0 atom stereocenters. The van der Waals surface area contributed by atoms with Crippen LogP contribution >= 0.6 is 11.6 Å². The normalized spacial score (nSPS) is 9.71. The van der Waals surface area contributed by atoms with E-state index in [9.17, 15) is 4.79 Å². The number of nitrogens with one attached hydrogen (secondary N) is 1. The molecule has 0 aromatic heterocycles. The minimum absolute atomic E-state index is 0.222. The van der Waals surface area contributed by atoms with Crippen LogP contribution in [0.15, 0.2) is 18.2 Å². The van der Waals surface area contributed by atoms with Crippen LogP contribution < -0.4 is 10.8 Å². The first-order valence-corrected chi connectivity index (χ1v) is 4.31. The first-order chi connectivity index (χ1) is 6.56. The van der Waals surface area contributed by atoms with Crippen LogP contribution in [0.4, 0.5) is 0 Å². The summed E-state index contributed by atoms with van der Waals surface area (Å²) in [7, 11) is -0.128. The Hall–Kier alpha value is -1.04. The largest absolute Gasteiger partial charge is 0.488 e. The molecule has 0 aliphatic carbocycles. The third kappa shape index (κ3) is 2.26. The van der Waals surface area contributed by atoms with Gasteiger partial charge in [0.15, 0.2) is 0 Å². The first kappa shape index (κ1) is 11.0. The highest BCUT2D eigenvalue weighted by molar-refractivity contribution is 6.58. The molecule has 6 heteroatoms. The molecular weight excluding hydrogens is 204 g/mol. The molecule has 0 aliphatic heterocycles. The third-order valence-electron chi connectivity index (χ3n) is 1.76. The van der Waals surface area contributed by atoms with Crippen molar-refractivity contribution in [1.29, 1.82) is 0 Å². The second kappa shape index (κ2) is 4.46. The Morgan fingerprint density at radius 3 is 2.64 bits per heavy atom. The highest BCUT2D eigenvalue weighted by atomic mass is 35.5. The molecule has 0 fully saturated rings. The van der Waals surface area contributed by atoms with Gasteiger partial charge in [-0.05, 0) is 17.6 Å². The average molecular weight is 213 g/mol. The van der Waals surface area contributed by atoms with Gasteiger partial charge in [-0.2, -0.15) is 0 Å². The number of benzene rings is 1. The summed E-state index contributed by atoms with van der Waals surface area (Å²) in [6, 6.07) is 4.23. The summed E-state index contributed by atoms with van der Waals surface area (Å²) in [6.07, 6.45) is 0. The van der Waals surface area contributed by atoms with Crippen molar-refractivity contribution in [2.75, 3.05) is 7.05 Å². The van der Waals surface area contributed by atoms with Crippen LogP contribution in [0.25, 0.3) is 0 Å². The number of hydrogen-bond acceptors (Lipinski definition) is 3. The van der Waals surface area contributed by atoms with Gasteiger partial charge in [0.05, 0.1) is 10.6 Å². The van der Waals surface area contributed by atoms with Gasteiger partial charge < -0.3 is 15.4 Å². The van der Waals surface area contributed by atoms with Crippen LogP contribution in [-0.4, -0.2) is 30.1 Å². The van der Waals surface area contributed by atoms with E-state index in [4.69, 9.17) is 21.6 Å². The highest BCUT2D eigenvalue weighted by Crippen LogP contribution is 2.13. The maximum atomic E-state index is 11.3. The summed E-state index contributed by atoms with van der Waals surface area (Å²) in [6.45, 7) is 0. The van der Waals surface area contributed by atoms with Gasteiger partial charge in [-0.15, -0.1) is 0 Å². The number of halogens is 1. The van der Waals surface area contributed by atoms with Crippen LogP contribution in [0.3, 0.4) is 0 Å². The number of rotatable bonds is 2. The molecule has 0 saturated carbocycles. The maximum absolute atomic E-state index is 11.3. The molecule has 4 nitrogen and oxygen atoms in total. The van der Waals surface area contributed by atoms with Crippen LogP contribution in [0.2, 0.25) is 5.02 Å². The SMILES string of the molecule is CNC(=O)c1cc(B(O)O)ccc1Cl. The van der Waals surface area contributed by atoms with E-state index < -0.39 is 7.12 Å². The fourth-order valence-electron chi connectivity index (χ4n) is 1.01. The molecule has 0 saturated heterocycles. The summed E-state index contributed by atoms with van der Waals surface area (Å²) >= 11 is 5.75. The zero-order valence-electron chi connectivity index (χ0n) is 7.49. The van der Waals surface area contributed by atoms with Crippen molar-refractivity contribution in [3.8, 4) is 0 Å². The standard InChI is InChI=1S/C8H9BClNO3/c1-11-8(12)6-4-5(9(13)14)2-3-7(6)10/h2-4,13-14H,1H3,(H,11,12). The molecule has 1 aromatic rings. The van der Waals surface area contributed by atoms with Gasteiger partial charge in [-0.1, -0.05) is 17.7 Å². The predicted molar refractivity (Wildman–Crippen MR) is 54.7 cm³/mol. The van der Waals surface area contributed by atoms with E-state index >= 15 is 0 Å². The van der Waals surface area contributed by atoms with E-state index in [2.05, 4.69) is 5.32 Å². The molecule has 0 heterocycles. The number of carbonyl (C=O) groups is 1. The number of amides is 1. The average Bonchev–Trinajstić information content (AvgIpc) is 2.17. The van der Waals surface area contributed by atoms with E-state index in [1.807, 2.05) is 0 Å². The summed E-state index contributed by atoms with van der Waals surface area (Å²) in [5.74, 6) is -0.363. The van der Waals surface area contributed by atoms with E-state index in [0.717, 1.165) is 0 Å². The maximum Gasteiger partial charge on any atom is 0.488 e. The molecule has 74 valence electrons. The molecule has 0 radical (unpaired) electrons. The van der Waals surface area contributed by atoms with Crippen LogP contribution in [-0.2, 0) is 0 Å². The lowest BCUT2D eigenvalue weighted by Crippen LogP contribution is -2.31. The highest BCUT2D eigenvalue weighted by Gasteiger charge is 2.15. The molecule has 1 rings (SSSR count). The van der Waals surface area contributed by atoms with E-state index in [1.54, 1.807) is 0 Å². The van der Waals surface area contributed by atoms with Gasteiger partial charge in [0, 0.05) is 7.05 Å². The van der Waals surface area contributed by atoms with Gasteiger partial charge in [0.25, 0.3) is 5.91 Å². The van der Waals surface area contributed by atoms with Crippen molar-refractivity contribution in [1.82, 2.24) is 5.32 Å². The molecule has 0 aliphatic rings. The number of hydrogen-bond donors (Lipinski definition) is 3. The summed E-state index contributed by atoms with van der Waals surface area (Å²) < 4.78 is 0. The monoisotopic (exact) mass is 213 g/mol. The van der Waals surface area contributed by atoms with Crippen molar-refractivity contribution >= 4 is 30.1 Å². The smallest absolute Gasteiger partial charge is 0.423 e. The fourth-order valence-corrected chi connectivity index (χ4v) is 1.22. The summed E-state index contributed by atoms with van der Waals surface area (Å²) in [4.78, 5) is 11.3. The van der Waals surface area contributed by atoms with Crippen molar-refractivity contribution in [3.63, 3.8) is 0 Å². The van der Waals surface area contributed by atoms with Crippen LogP contribution in [0.5, 0.6) is 0 Å². The lowest BCUT2D eigenvalue weighted by Gasteiger charge is -2.05. The lowest BCUT2D eigenvalue weighted by molar-refractivity contribution is 0.0963. The third-order valence-corrected chi connectivity index (χ3v) is 2.09. The molecule has 3 N–H and O–H groups in total. The van der Waals surface area contributed by atoms with Crippen LogP contribution in [0, 0.1) is 0 Å². The Balaban J connectivity index is 3.15.